The largest absolute Gasteiger partial charge is 0.480 e. The van der Waals surface area contributed by atoms with Crippen LogP contribution in [-0.2, 0) is 9.59 Å². The molecule has 0 radical (unpaired) electrons. The second-order valence-electron chi connectivity index (χ2n) is 4.87. The van der Waals surface area contributed by atoms with E-state index in [1.54, 1.807) is 6.07 Å². The summed E-state index contributed by atoms with van der Waals surface area (Å²) in [5.74, 6) is -1.64. The van der Waals surface area contributed by atoms with Crippen LogP contribution < -0.4 is 5.32 Å². The van der Waals surface area contributed by atoms with Crippen LogP contribution in [0.15, 0.2) is 18.2 Å². The van der Waals surface area contributed by atoms with Gasteiger partial charge in [0.25, 0.3) is 0 Å². The molecular formula is C15H19NO4. The lowest BCUT2D eigenvalue weighted by Gasteiger charge is -2.09. The standard InChI is InChI=1S/C15H19NO4/c1-9-4-5-10(2)12(8-9)13(17)6-7-14(18)16-11(3)15(19)20/h4-5,8,11H,6-7H2,1-3H3,(H,16,18)(H,19,20). The summed E-state index contributed by atoms with van der Waals surface area (Å²) in [7, 11) is 0. The number of aliphatic carboxylic acids is 1. The Morgan fingerprint density at radius 1 is 1.20 bits per heavy atom. The van der Waals surface area contributed by atoms with Crippen molar-refractivity contribution >= 4 is 17.7 Å². The molecule has 1 amide bonds. The van der Waals surface area contributed by atoms with Crippen LogP contribution >= 0.6 is 0 Å². The molecule has 0 fully saturated rings. The van der Waals surface area contributed by atoms with Gasteiger partial charge in [-0.3, -0.25) is 14.4 Å². The topological polar surface area (TPSA) is 83.5 Å². The smallest absolute Gasteiger partial charge is 0.325 e. The Balaban J connectivity index is 2.57. The molecule has 0 aromatic heterocycles. The van der Waals surface area contributed by atoms with Crippen LogP contribution in [0, 0.1) is 13.8 Å². The van der Waals surface area contributed by atoms with Crippen molar-refractivity contribution in [2.24, 2.45) is 0 Å². The molecule has 0 heterocycles. The number of carbonyl (C=O) groups is 3. The van der Waals surface area contributed by atoms with Crippen molar-refractivity contribution < 1.29 is 19.5 Å². The van der Waals surface area contributed by atoms with Crippen LogP contribution in [0.1, 0.15) is 41.3 Å². The molecule has 1 rings (SSSR count). The first-order chi connectivity index (χ1) is 9.31. The van der Waals surface area contributed by atoms with E-state index < -0.39 is 17.9 Å². The Hall–Kier alpha value is -2.17. The quantitative estimate of drug-likeness (QED) is 0.777. The van der Waals surface area contributed by atoms with Crippen LogP contribution in [0.25, 0.3) is 0 Å². The monoisotopic (exact) mass is 277 g/mol. The van der Waals surface area contributed by atoms with Gasteiger partial charge < -0.3 is 10.4 Å². The molecule has 0 aliphatic heterocycles. The highest BCUT2D eigenvalue weighted by molar-refractivity contribution is 5.99. The number of nitrogens with one attached hydrogen (secondary N) is 1. The first-order valence-corrected chi connectivity index (χ1v) is 6.44. The molecule has 0 aliphatic carbocycles. The number of carboxylic acid groups (broad SMARTS) is 1. The molecule has 2 N–H and O–H groups in total. The van der Waals surface area contributed by atoms with Crippen molar-refractivity contribution in [2.75, 3.05) is 0 Å². The number of carboxylic acids is 1. The Morgan fingerprint density at radius 2 is 1.85 bits per heavy atom. The highest BCUT2D eigenvalue weighted by Gasteiger charge is 2.16. The SMILES string of the molecule is Cc1ccc(C)c(C(=O)CCC(=O)NC(C)C(=O)O)c1. The molecule has 1 atom stereocenters. The zero-order valence-corrected chi connectivity index (χ0v) is 11.9. The first-order valence-electron chi connectivity index (χ1n) is 6.44. The number of hydrogen-bond acceptors (Lipinski definition) is 3. The van der Waals surface area contributed by atoms with Gasteiger partial charge in [0, 0.05) is 18.4 Å². The Labute approximate surface area is 118 Å². The van der Waals surface area contributed by atoms with E-state index in [0.717, 1.165) is 11.1 Å². The lowest BCUT2D eigenvalue weighted by molar-refractivity contribution is -0.141. The van der Waals surface area contributed by atoms with E-state index in [9.17, 15) is 14.4 Å². The fraction of sp³-hybridized carbons (Fsp3) is 0.400. The highest BCUT2D eigenvalue weighted by Crippen LogP contribution is 2.13. The van der Waals surface area contributed by atoms with E-state index in [1.165, 1.54) is 6.92 Å². The number of carbonyl (C=O) groups excluding carboxylic acids is 2. The van der Waals surface area contributed by atoms with Crippen molar-refractivity contribution in [1.29, 1.82) is 0 Å². The van der Waals surface area contributed by atoms with Crippen LogP contribution in [0.3, 0.4) is 0 Å². The predicted octanol–water partition coefficient (Wildman–Crippen LogP) is 1.86. The number of rotatable bonds is 6. The summed E-state index contributed by atoms with van der Waals surface area (Å²) in [4.78, 5) is 34.2. The van der Waals surface area contributed by atoms with Gasteiger partial charge in [-0.1, -0.05) is 17.7 Å². The minimum absolute atomic E-state index is 0.0101. The summed E-state index contributed by atoms with van der Waals surface area (Å²) in [6, 6.07) is 4.65. The van der Waals surface area contributed by atoms with Crippen molar-refractivity contribution in [3.8, 4) is 0 Å². The predicted molar refractivity (Wildman–Crippen MR) is 74.7 cm³/mol. The fourth-order valence-electron chi connectivity index (χ4n) is 1.77. The molecule has 1 aromatic carbocycles. The number of Topliss-reactive ketones (excluding diaryl/α,β-unsaturated/α-hetero) is 1. The lowest BCUT2D eigenvalue weighted by atomic mass is 9.99. The number of amides is 1. The summed E-state index contributed by atoms with van der Waals surface area (Å²) >= 11 is 0. The van der Waals surface area contributed by atoms with E-state index in [2.05, 4.69) is 5.32 Å². The van der Waals surface area contributed by atoms with E-state index in [4.69, 9.17) is 5.11 Å². The van der Waals surface area contributed by atoms with Gasteiger partial charge >= 0.3 is 5.97 Å². The molecule has 1 aromatic rings. The Kier molecular flexibility index (Phi) is 5.43. The molecule has 5 nitrogen and oxygen atoms in total. The zero-order valence-electron chi connectivity index (χ0n) is 11.9. The minimum Gasteiger partial charge on any atom is -0.480 e. The molecule has 5 heteroatoms. The average molecular weight is 277 g/mol. The third-order valence-corrected chi connectivity index (χ3v) is 3.02. The molecule has 0 saturated heterocycles. The number of hydrogen-bond donors (Lipinski definition) is 2. The fourth-order valence-corrected chi connectivity index (χ4v) is 1.77. The van der Waals surface area contributed by atoms with Crippen LogP contribution in [-0.4, -0.2) is 28.8 Å². The summed E-state index contributed by atoms with van der Waals surface area (Å²) < 4.78 is 0. The first kappa shape index (κ1) is 15.9. The minimum atomic E-state index is -1.10. The number of ketones is 1. The van der Waals surface area contributed by atoms with Gasteiger partial charge in [0.1, 0.15) is 6.04 Å². The summed E-state index contributed by atoms with van der Waals surface area (Å²) in [5, 5.41) is 11.0. The maximum absolute atomic E-state index is 12.0. The highest BCUT2D eigenvalue weighted by atomic mass is 16.4. The van der Waals surface area contributed by atoms with Crippen molar-refractivity contribution in [2.45, 2.75) is 39.7 Å². The summed E-state index contributed by atoms with van der Waals surface area (Å²) in [6.45, 7) is 5.13. The molecule has 0 bridgehead atoms. The van der Waals surface area contributed by atoms with Gasteiger partial charge in [-0.25, -0.2) is 0 Å². The molecule has 20 heavy (non-hydrogen) atoms. The van der Waals surface area contributed by atoms with Gasteiger partial charge in [-0.05, 0) is 32.4 Å². The summed E-state index contributed by atoms with van der Waals surface area (Å²) in [6.07, 6.45) is 0.0618. The van der Waals surface area contributed by atoms with E-state index in [-0.39, 0.29) is 18.6 Å². The van der Waals surface area contributed by atoms with Crippen molar-refractivity contribution in [3.63, 3.8) is 0 Å². The third-order valence-electron chi connectivity index (χ3n) is 3.02. The van der Waals surface area contributed by atoms with Crippen LogP contribution in [0.5, 0.6) is 0 Å². The number of aryl methyl sites for hydroxylation is 2. The second kappa shape index (κ2) is 6.84. The van der Waals surface area contributed by atoms with E-state index >= 15 is 0 Å². The Morgan fingerprint density at radius 3 is 2.45 bits per heavy atom. The third kappa shape index (κ3) is 4.50. The molecule has 108 valence electrons. The zero-order chi connectivity index (χ0) is 15.3. The van der Waals surface area contributed by atoms with Gasteiger partial charge in [0.05, 0.1) is 0 Å². The molecule has 0 saturated carbocycles. The van der Waals surface area contributed by atoms with Crippen LogP contribution in [0.2, 0.25) is 0 Å². The maximum Gasteiger partial charge on any atom is 0.325 e. The lowest BCUT2D eigenvalue weighted by Crippen LogP contribution is -2.38. The normalized spacial score (nSPS) is 11.8. The van der Waals surface area contributed by atoms with Crippen LogP contribution in [0.4, 0.5) is 0 Å². The van der Waals surface area contributed by atoms with Gasteiger partial charge in [0.15, 0.2) is 5.78 Å². The van der Waals surface area contributed by atoms with Crippen molar-refractivity contribution in [3.05, 3.63) is 34.9 Å². The molecule has 0 spiro atoms. The maximum atomic E-state index is 12.0. The van der Waals surface area contributed by atoms with Gasteiger partial charge in [-0.15, -0.1) is 0 Å². The molecular weight excluding hydrogens is 258 g/mol. The van der Waals surface area contributed by atoms with E-state index in [0.29, 0.717) is 5.56 Å². The number of benzene rings is 1. The van der Waals surface area contributed by atoms with Gasteiger partial charge in [-0.2, -0.15) is 0 Å². The summed E-state index contributed by atoms with van der Waals surface area (Å²) in [5.41, 5.74) is 2.48. The molecule has 0 aliphatic rings. The second-order valence-corrected chi connectivity index (χ2v) is 4.87. The average Bonchev–Trinajstić information content (AvgIpc) is 2.38. The van der Waals surface area contributed by atoms with Gasteiger partial charge in [0.2, 0.25) is 5.91 Å². The van der Waals surface area contributed by atoms with E-state index in [1.807, 2.05) is 26.0 Å². The Bertz CT molecular complexity index is 537. The van der Waals surface area contributed by atoms with Crippen molar-refractivity contribution in [1.82, 2.24) is 5.32 Å². The molecule has 1 unspecified atom stereocenters.